The summed E-state index contributed by atoms with van der Waals surface area (Å²) in [6.07, 6.45) is 3.73. The number of benzene rings is 1. The fourth-order valence-corrected chi connectivity index (χ4v) is 2.12. The quantitative estimate of drug-likeness (QED) is 0.873. The second-order valence-corrected chi connectivity index (χ2v) is 4.55. The lowest BCUT2D eigenvalue weighted by molar-refractivity contribution is 0.185. The van der Waals surface area contributed by atoms with E-state index in [0.29, 0.717) is 6.10 Å². The summed E-state index contributed by atoms with van der Waals surface area (Å²) in [7, 11) is 1.68. The highest BCUT2D eigenvalue weighted by molar-refractivity contribution is 5.39. The van der Waals surface area contributed by atoms with Gasteiger partial charge in [-0.15, -0.1) is 0 Å². The van der Waals surface area contributed by atoms with E-state index in [1.165, 1.54) is 12.0 Å². The van der Waals surface area contributed by atoms with E-state index in [-0.39, 0.29) is 0 Å². The zero-order valence-electron chi connectivity index (χ0n) is 10.7. The van der Waals surface area contributed by atoms with Crippen LogP contribution < -0.4 is 14.8 Å². The molecule has 1 heterocycles. The summed E-state index contributed by atoms with van der Waals surface area (Å²) in [5.74, 6) is 1.81. The molecule has 2 rings (SSSR count). The molecule has 0 aliphatic carbocycles. The standard InChI is InChI=1S/C14H21NO2/c1-11-5-6-13(16-2)10-14(11)17-12-4-3-8-15-9-7-12/h5-6,10,12,15H,3-4,7-9H2,1-2H3. The van der Waals surface area contributed by atoms with Crippen LogP contribution in [0.4, 0.5) is 0 Å². The second-order valence-electron chi connectivity index (χ2n) is 4.55. The van der Waals surface area contributed by atoms with Gasteiger partial charge in [0.25, 0.3) is 0 Å². The van der Waals surface area contributed by atoms with Crippen LogP contribution in [-0.2, 0) is 0 Å². The molecule has 1 saturated heterocycles. The number of hydrogen-bond donors (Lipinski definition) is 1. The highest BCUT2D eigenvalue weighted by Gasteiger charge is 2.14. The fourth-order valence-electron chi connectivity index (χ4n) is 2.12. The molecule has 0 spiro atoms. The summed E-state index contributed by atoms with van der Waals surface area (Å²) >= 11 is 0. The molecule has 17 heavy (non-hydrogen) atoms. The molecule has 3 heteroatoms. The van der Waals surface area contributed by atoms with Crippen molar-refractivity contribution in [2.75, 3.05) is 20.2 Å². The predicted octanol–water partition coefficient (Wildman–Crippen LogP) is 2.52. The van der Waals surface area contributed by atoms with Gasteiger partial charge in [0, 0.05) is 6.07 Å². The molecular formula is C14H21NO2. The SMILES string of the molecule is COc1ccc(C)c(OC2CCCNCC2)c1. The smallest absolute Gasteiger partial charge is 0.126 e. The van der Waals surface area contributed by atoms with Crippen LogP contribution in [-0.4, -0.2) is 26.3 Å². The minimum atomic E-state index is 0.329. The third kappa shape index (κ3) is 3.37. The van der Waals surface area contributed by atoms with Crippen LogP contribution in [0.1, 0.15) is 24.8 Å². The van der Waals surface area contributed by atoms with E-state index < -0.39 is 0 Å². The van der Waals surface area contributed by atoms with Gasteiger partial charge in [-0.05, 0) is 50.9 Å². The van der Waals surface area contributed by atoms with Gasteiger partial charge in [0.2, 0.25) is 0 Å². The highest BCUT2D eigenvalue weighted by Crippen LogP contribution is 2.26. The van der Waals surface area contributed by atoms with Crippen LogP contribution in [0.3, 0.4) is 0 Å². The molecule has 0 radical (unpaired) electrons. The Morgan fingerprint density at radius 1 is 1.24 bits per heavy atom. The average Bonchev–Trinajstić information content (AvgIpc) is 2.60. The Morgan fingerprint density at radius 2 is 2.12 bits per heavy atom. The minimum absolute atomic E-state index is 0.329. The lowest BCUT2D eigenvalue weighted by Gasteiger charge is -2.18. The van der Waals surface area contributed by atoms with Gasteiger partial charge in [-0.3, -0.25) is 0 Å². The molecule has 0 bridgehead atoms. The molecule has 0 aromatic heterocycles. The molecule has 94 valence electrons. The van der Waals surface area contributed by atoms with Gasteiger partial charge in [0.1, 0.15) is 11.5 Å². The molecule has 1 aromatic carbocycles. The van der Waals surface area contributed by atoms with Crippen molar-refractivity contribution in [3.63, 3.8) is 0 Å². The average molecular weight is 235 g/mol. The maximum atomic E-state index is 6.09. The van der Waals surface area contributed by atoms with Crippen molar-refractivity contribution in [3.05, 3.63) is 23.8 Å². The van der Waals surface area contributed by atoms with Gasteiger partial charge in [0.05, 0.1) is 13.2 Å². The lowest BCUT2D eigenvalue weighted by atomic mass is 10.1. The number of nitrogens with one attached hydrogen (secondary N) is 1. The first-order chi connectivity index (χ1) is 8.29. The van der Waals surface area contributed by atoms with Crippen LogP contribution >= 0.6 is 0 Å². The first-order valence-corrected chi connectivity index (χ1v) is 6.31. The van der Waals surface area contributed by atoms with E-state index in [1.807, 2.05) is 18.2 Å². The number of rotatable bonds is 3. The Balaban J connectivity index is 2.05. The van der Waals surface area contributed by atoms with Crippen molar-refractivity contribution < 1.29 is 9.47 Å². The third-order valence-electron chi connectivity index (χ3n) is 3.21. The largest absolute Gasteiger partial charge is 0.497 e. The number of ether oxygens (including phenoxy) is 2. The maximum absolute atomic E-state index is 6.09. The fraction of sp³-hybridized carbons (Fsp3) is 0.571. The van der Waals surface area contributed by atoms with Crippen LogP contribution in [0.15, 0.2) is 18.2 Å². The van der Waals surface area contributed by atoms with Crippen LogP contribution in [0.5, 0.6) is 11.5 Å². The summed E-state index contributed by atoms with van der Waals surface area (Å²) in [6, 6.07) is 5.99. The van der Waals surface area contributed by atoms with Gasteiger partial charge >= 0.3 is 0 Å². The number of methoxy groups -OCH3 is 1. The van der Waals surface area contributed by atoms with Crippen molar-refractivity contribution >= 4 is 0 Å². The maximum Gasteiger partial charge on any atom is 0.126 e. The number of hydrogen-bond acceptors (Lipinski definition) is 3. The predicted molar refractivity (Wildman–Crippen MR) is 68.9 cm³/mol. The Labute approximate surface area is 103 Å². The zero-order chi connectivity index (χ0) is 12.1. The van der Waals surface area contributed by atoms with Gasteiger partial charge in [-0.25, -0.2) is 0 Å². The van der Waals surface area contributed by atoms with Gasteiger partial charge in [-0.2, -0.15) is 0 Å². The summed E-state index contributed by atoms with van der Waals surface area (Å²) in [4.78, 5) is 0. The van der Waals surface area contributed by atoms with E-state index in [0.717, 1.165) is 37.4 Å². The van der Waals surface area contributed by atoms with Gasteiger partial charge in [0.15, 0.2) is 0 Å². The van der Waals surface area contributed by atoms with E-state index in [2.05, 4.69) is 12.2 Å². The summed E-state index contributed by atoms with van der Waals surface area (Å²) in [6.45, 7) is 4.23. The molecule has 1 fully saturated rings. The van der Waals surface area contributed by atoms with Crippen LogP contribution in [0.25, 0.3) is 0 Å². The lowest BCUT2D eigenvalue weighted by Crippen LogP contribution is -2.19. The molecule has 1 atom stereocenters. The number of aryl methyl sites for hydroxylation is 1. The third-order valence-corrected chi connectivity index (χ3v) is 3.21. The molecule has 1 N–H and O–H groups in total. The molecule has 0 amide bonds. The normalized spacial score (nSPS) is 20.7. The van der Waals surface area contributed by atoms with E-state index in [4.69, 9.17) is 9.47 Å². The van der Waals surface area contributed by atoms with Crippen molar-refractivity contribution in [1.29, 1.82) is 0 Å². The second kappa shape index (κ2) is 5.92. The summed E-state index contributed by atoms with van der Waals surface area (Å²) in [5.41, 5.74) is 1.17. The summed E-state index contributed by atoms with van der Waals surface area (Å²) in [5, 5.41) is 3.40. The van der Waals surface area contributed by atoms with E-state index >= 15 is 0 Å². The first-order valence-electron chi connectivity index (χ1n) is 6.31. The first kappa shape index (κ1) is 12.2. The summed E-state index contributed by atoms with van der Waals surface area (Å²) < 4.78 is 11.3. The van der Waals surface area contributed by atoms with Crippen LogP contribution in [0.2, 0.25) is 0 Å². The molecule has 1 aliphatic heterocycles. The molecule has 3 nitrogen and oxygen atoms in total. The Kier molecular flexibility index (Phi) is 4.26. The van der Waals surface area contributed by atoms with E-state index in [1.54, 1.807) is 7.11 Å². The van der Waals surface area contributed by atoms with Crippen molar-refractivity contribution in [2.45, 2.75) is 32.3 Å². The van der Waals surface area contributed by atoms with Gasteiger partial charge < -0.3 is 14.8 Å². The van der Waals surface area contributed by atoms with Crippen LogP contribution in [0, 0.1) is 6.92 Å². The zero-order valence-corrected chi connectivity index (χ0v) is 10.7. The molecule has 1 unspecified atom stereocenters. The molecule has 0 saturated carbocycles. The highest BCUT2D eigenvalue weighted by atomic mass is 16.5. The van der Waals surface area contributed by atoms with Crippen molar-refractivity contribution in [1.82, 2.24) is 5.32 Å². The Morgan fingerprint density at radius 3 is 2.94 bits per heavy atom. The van der Waals surface area contributed by atoms with Crippen molar-refractivity contribution in [2.24, 2.45) is 0 Å². The Hall–Kier alpha value is -1.22. The molecule has 1 aromatic rings. The molecular weight excluding hydrogens is 214 g/mol. The van der Waals surface area contributed by atoms with Crippen molar-refractivity contribution in [3.8, 4) is 11.5 Å². The topological polar surface area (TPSA) is 30.5 Å². The minimum Gasteiger partial charge on any atom is -0.497 e. The van der Waals surface area contributed by atoms with Gasteiger partial charge in [-0.1, -0.05) is 6.07 Å². The van der Waals surface area contributed by atoms with E-state index in [9.17, 15) is 0 Å². The molecule has 1 aliphatic rings. The monoisotopic (exact) mass is 235 g/mol. The Bertz CT molecular complexity index is 357.